The van der Waals surface area contributed by atoms with E-state index in [2.05, 4.69) is 189 Å². The maximum Gasteiger partial charge on any atom is 0.247 e. The highest BCUT2D eigenvalue weighted by molar-refractivity contribution is 6.99. The average Bonchev–Trinajstić information content (AvgIpc) is 0.666. The first-order chi connectivity index (χ1) is 43.7. The molecule has 0 unspecified atom stereocenters. The number of hydrogen-bond acceptors (Lipinski definition) is 2. The first-order valence-corrected chi connectivity index (χ1v) is 28.4. The molecule has 11 aromatic carbocycles. The molecule has 3 aliphatic heterocycles. The molecule has 0 atom stereocenters. The van der Waals surface area contributed by atoms with Crippen molar-refractivity contribution in [3.63, 3.8) is 0 Å². The highest BCUT2D eigenvalue weighted by atomic mass is 16.5. The molecule has 11 aromatic rings. The van der Waals surface area contributed by atoms with Gasteiger partial charge in [-0.1, -0.05) is 274 Å². The van der Waals surface area contributed by atoms with Crippen LogP contribution in [0.2, 0.25) is 0 Å². The van der Waals surface area contributed by atoms with Gasteiger partial charge >= 0.3 is 0 Å². The van der Waals surface area contributed by atoms with Crippen LogP contribution in [-0.2, 0) is 21.7 Å². The third-order valence-electron chi connectivity index (χ3n) is 17.2. The molecule has 0 saturated heterocycles. The summed E-state index contributed by atoms with van der Waals surface area (Å²) >= 11 is 0. The summed E-state index contributed by atoms with van der Waals surface area (Å²) in [7, 11) is 0. The van der Waals surface area contributed by atoms with E-state index in [-0.39, 0.29) is 51.5 Å². The van der Waals surface area contributed by atoms with Crippen LogP contribution in [0.1, 0.15) is 115 Å². The number of nitrogens with zero attached hydrogens (tertiary/aromatic N) is 1. The third-order valence-corrected chi connectivity index (χ3v) is 17.2. The van der Waals surface area contributed by atoms with E-state index in [0.29, 0.717) is 28.3 Å². The van der Waals surface area contributed by atoms with Crippen LogP contribution in [0, 0.1) is 0 Å². The lowest BCUT2D eigenvalue weighted by Gasteiger charge is -2.50. The van der Waals surface area contributed by atoms with Gasteiger partial charge in [-0.15, -0.1) is 0 Å². The minimum Gasteiger partial charge on any atom is -0.457 e. The number of hydrogen-bond donors (Lipinski definition) is 0. The van der Waals surface area contributed by atoms with Crippen molar-refractivity contribution in [2.24, 2.45) is 0 Å². The molecule has 3 aliphatic rings. The fraction of sp³-hybridized carbons (Fsp3) is 0.165. The number of para-hydroxylation sites is 2. The molecular weight excluding hydrogens is 990 g/mol. The third kappa shape index (κ3) is 8.30. The summed E-state index contributed by atoms with van der Waals surface area (Å²) in [5, 5.41) is 0. The zero-order chi connectivity index (χ0) is 65.0. The van der Waals surface area contributed by atoms with Gasteiger partial charge in [-0.2, -0.15) is 0 Å². The monoisotopic (exact) mass is 1070 g/mol. The summed E-state index contributed by atoms with van der Waals surface area (Å²) in [5.74, 6) is 1.34. The highest BCUT2D eigenvalue weighted by Crippen LogP contribution is 2.59. The van der Waals surface area contributed by atoms with Gasteiger partial charge < -0.3 is 9.64 Å². The van der Waals surface area contributed by atoms with E-state index in [1.54, 1.807) is 0 Å². The van der Waals surface area contributed by atoms with Crippen LogP contribution in [-0.4, -0.2) is 6.71 Å². The fourth-order valence-corrected chi connectivity index (χ4v) is 13.0. The largest absolute Gasteiger partial charge is 0.457 e. The summed E-state index contributed by atoms with van der Waals surface area (Å²) in [6, 6.07) is 61.7. The van der Waals surface area contributed by atoms with Crippen LogP contribution in [0.15, 0.2) is 248 Å². The Morgan fingerprint density at radius 1 is 0.366 bits per heavy atom. The van der Waals surface area contributed by atoms with Crippen molar-refractivity contribution < 1.29 is 18.4 Å². The van der Waals surface area contributed by atoms with Gasteiger partial charge in [0.25, 0.3) is 0 Å². The van der Waals surface area contributed by atoms with Gasteiger partial charge in [0.15, 0.2) is 0 Å². The second kappa shape index (κ2) is 19.1. The van der Waals surface area contributed by atoms with Crippen molar-refractivity contribution in [2.45, 2.75) is 84.0 Å². The molecule has 398 valence electrons. The summed E-state index contributed by atoms with van der Waals surface area (Å²) in [4.78, 5) is 2.39. The van der Waals surface area contributed by atoms with Gasteiger partial charge in [-0.3, -0.25) is 0 Å². The average molecular weight is 1070 g/mol. The van der Waals surface area contributed by atoms with E-state index < -0.39 is 48.4 Å². The van der Waals surface area contributed by atoms with Gasteiger partial charge in [0.1, 0.15) is 11.5 Å². The van der Waals surface area contributed by atoms with Crippen molar-refractivity contribution >= 4 is 40.2 Å². The van der Waals surface area contributed by atoms with Crippen LogP contribution >= 0.6 is 0 Å². The van der Waals surface area contributed by atoms with Crippen LogP contribution in [0.25, 0.3) is 55.6 Å². The van der Waals surface area contributed by atoms with E-state index in [1.807, 2.05) is 66.7 Å². The predicted octanol–water partition coefficient (Wildman–Crippen LogP) is 19.0. The van der Waals surface area contributed by atoms with Crippen molar-refractivity contribution in [1.82, 2.24) is 0 Å². The number of rotatable bonds is 6. The summed E-state index contributed by atoms with van der Waals surface area (Å²) in [6.45, 7) is 19.6. The lowest BCUT2D eigenvalue weighted by atomic mass is 9.29. The quantitative estimate of drug-likeness (QED) is 0.154. The maximum absolute atomic E-state index is 9.52. The fourth-order valence-electron chi connectivity index (χ4n) is 13.0. The molecule has 0 radical (unpaired) electrons. The van der Waals surface area contributed by atoms with Gasteiger partial charge in [0, 0.05) is 33.6 Å². The molecule has 1 spiro atoms. The first kappa shape index (κ1) is 41.1. The van der Waals surface area contributed by atoms with E-state index in [9.17, 15) is 5.48 Å². The Balaban J connectivity index is 1.25. The molecule has 0 aliphatic carbocycles. The Morgan fingerprint density at radius 3 is 1.37 bits per heavy atom. The topological polar surface area (TPSA) is 12.5 Å². The van der Waals surface area contributed by atoms with Crippen molar-refractivity contribution in [3.05, 3.63) is 287 Å². The van der Waals surface area contributed by atoms with Crippen molar-refractivity contribution in [3.8, 4) is 67.1 Å². The smallest absolute Gasteiger partial charge is 0.247 e. The number of benzene rings is 11. The number of fused-ring (bicyclic) bond motifs is 10. The molecule has 0 amide bonds. The lowest BCUT2D eigenvalue weighted by Crippen LogP contribution is -2.65. The molecule has 2 nitrogen and oxygen atoms in total. The van der Waals surface area contributed by atoms with Crippen LogP contribution in [0.4, 0.5) is 17.1 Å². The summed E-state index contributed by atoms with van der Waals surface area (Å²) in [5.41, 5.74) is 16.8. The minimum atomic E-state index is -1.15. The standard InChI is InChI=1S/C79H68BNO/c1-76(2,3)59-42-57(43-60(48-59)77(4,5)6)58-44-67-74-71(47-58)81(75-62(53-30-18-12-19-31-53)49-61(78(7,8)9)50-63(75)54-32-20-13-21-33-54)70-46-56(52-28-16-11-17-29-52)39-41-68(70)80(74)69-45-55(51-26-14-10-15-27-51)38-40-64(69)79(67)65-34-22-24-36-72(65)82-73-37-25-23-35-66(73)79/h10-50H,1-9H3/i10D,11D,14D,15D,16D,17D,26D,27D,28D,29D. The van der Waals surface area contributed by atoms with Crippen molar-refractivity contribution in [2.75, 3.05) is 4.90 Å². The zero-order valence-electron chi connectivity index (χ0n) is 57.8. The van der Waals surface area contributed by atoms with Gasteiger partial charge in [-0.05, 0) is 142 Å². The normalized spacial score (nSPS) is 15.5. The van der Waals surface area contributed by atoms with Gasteiger partial charge in [0.2, 0.25) is 6.71 Å². The Kier molecular flexibility index (Phi) is 9.58. The Bertz CT molecular complexity index is 4730. The second-order valence-corrected chi connectivity index (χ2v) is 25.3. The van der Waals surface area contributed by atoms with E-state index in [0.717, 1.165) is 89.0 Å². The van der Waals surface area contributed by atoms with Crippen molar-refractivity contribution in [1.29, 1.82) is 0 Å². The second-order valence-electron chi connectivity index (χ2n) is 25.3. The molecule has 0 fully saturated rings. The molecule has 0 aromatic heterocycles. The predicted molar refractivity (Wildman–Crippen MR) is 347 cm³/mol. The molecule has 14 rings (SSSR count). The Hall–Kier alpha value is -8.92. The molecule has 0 saturated carbocycles. The molecule has 3 heterocycles. The molecule has 82 heavy (non-hydrogen) atoms. The number of ether oxygens (including phenoxy) is 1. The summed E-state index contributed by atoms with van der Waals surface area (Å²) < 4.78 is 98.4. The highest BCUT2D eigenvalue weighted by Gasteiger charge is 2.55. The van der Waals surface area contributed by atoms with E-state index >= 15 is 0 Å². The molecular formula is C79H68BNO. The van der Waals surface area contributed by atoms with Crippen LogP contribution < -0.4 is 26.0 Å². The van der Waals surface area contributed by atoms with Gasteiger partial charge in [0.05, 0.1) is 24.8 Å². The molecule has 0 bridgehead atoms. The van der Waals surface area contributed by atoms with Crippen LogP contribution in [0.3, 0.4) is 0 Å². The maximum atomic E-state index is 9.52. The Labute approximate surface area is 499 Å². The van der Waals surface area contributed by atoms with E-state index in [4.69, 9.17) is 13.0 Å². The Morgan fingerprint density at radius 2 is 0.829 bits per heavy atom. The lowest BCUT2D eigenvalue weighted by molar-refractivity contribution is 0.435. The SMILES string of the molecule is [2H]c1c([2H])c([2H])c(-c2ccc3c(c2)B2c4ccc(-c5c([2H])c([2H])c([2H])c([2H])c5[2H])cc4N(c4c(-c5ccccc5)cc(C(C)(C)C)cc4-c4ccccc4)c4cc(-c5cc(C(C)(C)C)cc(C(C)(C)C)c5)cc(c42)C32c3ccccc3Oc3ccccc32)c([2H])c1[2H]. The van der Waals surface area contributed by atoms with E-state index in [1.165, 1.54) is 11.1 Å². The number of anilines is 3. The zero-order valence-corrected chi connectivity index (χ0v) is 47.8. The molecule has 3 heteroatoms. The van der Waals surface area contributed by atoms with Gasteiger partial charge in [-0.25, -0.2) is 0 Å². The minimum absolute atomic E-state index is 0.0595. The summed E-state index contributed by atoms with van der Waals surface area (Å²) in [6.07, 6.45) is 0. The van der Waals surface area contributed by atoms with Crippen LogP contribution in [0.5, 0.6) is 11.5 Å². The first-order valence-electron chi connectivity index (χ1n) is 33.4. The molecule has 0 N–H and O–H groups in total.